The first-order chi connectivity index (χ1) is 28.2. The summed E-state index contributed by atoms with van der Waals surface area (Å²) in [6.07, 6.45) is -8.93. The lowest BCUT2D eigenvalue weighted by molar-refractivity contribution is -0.209. The SMILES string of the molecule is COc1ccc(C(OC[C@H]2O[C@@H](n3cnc4c(=O)[nH]c(N)nc43)[C@H](C(F)(F)F)[C@@H]2OP(OCCC#N)N(C(C)C)C(C)C)(c2ccccc2)c2ccc(OC)cc2)cc1. The van der Waals surface area contributed by atoms with Gasteiger partial charge in [-0.15, -0.1) is 0 Å². The van der Waals surface area contributed by atoms with Crippen molar-refractivity contribution in [2.24, 2.45) is 5.92 Å². The monoisotopic (exact) mass is 837 g/mol. The van der Waals surface area contributed by atoms with Gasteiger partial charge in [-0.3, -0.25) is 14.3 Å². The molecule has 1 aliphatic rings. The number of aromatic nitrogens is 4. The summed E-state index contributed by atoms with van der Waals surface area (Å²) in [7, 11) is 0.871. The zero-order valence-corrected chi connectivity index (χ0v) is 34.3. The van der Waals surface area contributed by atoms with Crippen LogP contribution >= 0.6 is 8.53 Å². The first-order valence-corrected chi connectivity index (χ1v) is 20.0. The molecule has 6 rings (SSSR count). The van der Waals surface area contributed by atoms with Crippen LogP contribution in [0.3, 0.4) is 0 Å². The second-order valence-electron chi connectivity index (χ2n) is 14.3. The van der Waals surface area contributed by atoms with Crippen LogP contribution in [-0.4, -0.2) is 82.1 Å². The Hall–Kier alpha value is -5.08. The summed E-state index contributed by atoms with van der Waals surface area (Å²) < 4.78 is 87.5. The van der Waals surface area contributed by atoms with Gasteiger partial charge in [-0.1, -0.05) is 54.6 Å². The summed E-state index contributed by atoms with van der Waals surface area (Å²) >= 11 is 0. The molecule has 1 unspecified atom stereocenters. The van der Waals surface area contributed by atoms with Gasteiger partial charge in [-0.25, -0.2) is 9.65 Å². The number of anilines is 1. The average molecular weight is 838 g/mol. The number of nitriles is 1. The number of benzene rings is 3. The van der Waals surface area contributed by atoms with Gasteiger partial charge in [0.1, 0.15) is 35.2 Å². The van der Waals surface area contributed by atoms with Gasteiger partial charge in [0.2, 0.25) is 5.95 Å². The number of nitrogen functional groups attached to an aromatic ring is 1. The molecule has 0 spiro atoms. The van der Waals surface area contributed by atoms with Crippen LogP contribution in [-0.2, 0) is 24.1 Å². The molecule has 3 heterocycles. The molecule has 3 N–H and O–H groups in total. The molecule has 0 aliphatic carbocycles. The highest BCUT2D eigenvalue weighted by Gasteiger charge is 2.61. The van der Waals surface area contributed by atoms with Crippen molar-refractivity contribution in [3.63, 3.8) is 0 Å². The summed E-state index contributed by atoms with van der Waals surface area (Å²) in [5.74, 6) is -1.52. The molecule has 1 saturated heterocycles. The number of H-pyrrole nitrogens is 1. The Morgan fingerprint density at radius 1 is 0.949 bits per heavy atom. The van der Waals surface area contributed by atoms with Crippen LogP contribution < -0.4 is 20.8 Å². The average Bonchev–Trinajstić information content (AvgIpc) is 3.80. The van der Waals surface area contributed by atoms with Crippen LogP contribution in [0.4, 0.5) is 19.1 Å². The first-order valence-electron chi connectivity index (χ1n) is 18.9. The van der Waals surface area contributed by atoms with Gasteiger partial charge in [-0.05, 0) is 68.7 Å². The van der Waals surface area contributed by atoms with Crippen molar-refractivity contribution in [1.29, 1.82) is 5.26 Å². The molecule has 0 saturated carbocycles. The molecule has 1 fully saturated rings. The zero-order valence-electron chi connectivity index (χ0n) is 33.4. The number of methoxy groups -OCH3 is 2. The van der Waals surface area contributed by atoms with Crippen molar-refractivity contribution in [3.05, 3.63) is 112 Å². The van der Waals surface area contributed by atoms with Crippen LogP contribution in [0.25, 0.3) is 11.2 Å². The summed E-state index contributed by atoms with van der Waals surface area (Å²) in [5, 5.41) is 9.34. The molecule has 0 radical (unpaired) electrons. The molecule has 5 aromatic rings. The number of imidazole rings is 1. The van der Waals surface area contributed by atoms with E-state index in [1.54, 1.807) is 38.5 Å². The molecule has 1 aliphatic heterocycles. The predicted molar refractivity (Wildman–Crippen MR) is 214 cm³/mol. The van der Waals surface area contributed by atoms with Gasteiger partial charge < -0.3 is 33.7 Å². The van der Waals surface area contributed by atoms with Crippen LogP contribution in [0, 0.1) is 17.2 Å². The second kappa shape index (κ2) is 18.5. The number of hydrogen-bond acceptors (Lipinski definition) is 12. The van der Waals surface area contributed by atoms with E-state index in [1.807, 2.05) is 93.0 Å². The number of alkyl halides is 3. The molecule has 2 aromatic heterocycles. The third-order valence-electron chi connectivity index (χ3n) is 9.96. The summed E-state index contributed by atoms with van der Waals surface area (Å²) in [4.78, 5) is 23.4. The molecule has 3 aromatic carbocycles. The Balaban J connectivity index is 1.53. The lowest BCUT2D eigenvalue weighted by atomic mass is 9.80. The standard InChI is InChI=1S/C41H47F3N7O7P/c1-25(2)51(26(3)4)59(56-22-10-21-45)58-35-32(57-38(33(35)41(42,43)44)50-24-47-34-36(50)48-39(46)49-37(34)52)23-55-40(27-11-8-7-9-12-27,28-13-17-30(53-5)18-14-28)29-15-19-31(54-6)20-16-29/h7-9,11-20,24-26,32-33,35,38H,10,22-23H2,1-6H3,(H3,46,48,49,52)/t32-,33-,35-,38-,59?/m1/s1. The minimum absolute atomic E-state index is 0.0166. The minimum atomic E-state index is -4.95. The molecular formula is C41H47F3N7O7P. The van der Waals surface area contributed by atoms with Crippen LogP contribution in [0.5, 0.6) is 11.5 Å². The Morgan fingerprint density at radius 2 is 1.53 bits per heavy atom. The van der Waals surface area contributed by atoms with Crippen LogP contribution in [0.1, 0.15) is 57.0 Å². The van der Waals surface area contributed by atoms with Gasteiger partial charge in [0.15, 0.2) is 17.4 Å². The number of aromatic amines is 1. The molecule has 314 valence electrons. The number of halogens is 3. The normalized spacial score (nSPS) is 19.1. The van der Waals surface area contributed by atoms with E-state index in [0.29, 0.717) is 28.2 Å². The fourth-order valence-electron chi connectivity index (χ4n) is 7.40. The van der Waals surface area contributed by atoms with E-state index in [0.717, 1.165) is 10.9 Å². The molecular weight excluding hydrogens is 790 g/mol. The van der Waals surface area contributed by atoms with Crippen LogP contribution in [0.2, 0.25) is 0 Å². The molecule has 18 heteroatoms. The Morgan fingerprint density at radius 3 is 2.05 bits per heavy atom. The third-order valence-corrected chi connectivity index (χ3v) is 12.1. The lowest BCUT2D eigenvalue weighted by Gasteiger charge is -2.39. The van der Waals surface area contributed by atoms with Crippen molar-refractivity contribution in [2.75, 3.05) is 33.2 Å². The van der Waals surface area contributed by atoms with Crippen molar-refractivity contribution in [2.45, 2.75) is 76.4 Å². The minimum Gasteiger partial charge on any atom is -0.497 e. The Labute approximate surface area is 340 Å². The van der Waals surface area contributed by atoms with E-state index in [9.17, 15) is 10.1 Å². The molecule has 0 amide bonds. The molecule has 0 bridgehead atoms. The Kier molecular flexibility index (Phi) is 13.6. The Bertz CT molecular complexity index is 2200. The number of rotatable bonds is 17. The summed E-state index contributed by atoms with van der Waals surface area (Å²) in [6, 6.07) is 25.3. The predicted octanol–water partition coefficient (Wildman–Crippen LogP) is 7.46. The third kappa shape index (κ3) is 9.08. The topological polar surface area (TPSA) is 172 Å². The number of hydrogen-bond donors (Lipinski definition) is 2. The molecule has 59 heavy (non-hydrogen) atoms. The van der Waals surface area contributed by atoms with Gasteiger partial charge in [-0.2, -0.15) is 23.4 Å². The number of ether oxygens (including phenoxy) is 4. The fourth-order valence-corrected chi connectivity index (χ4v) is 9.18. The second-order valence-corrected chi connectivity index (χ2v) is 15.7. The van der Waals surface area contributed by atoms with Crippen molar-refractivity contribution in [1.82, 2.24) is 24.2 Å². The summed E-state index contributed by atoms with van der Waals surface area (Å²) in [6.45, 7) is 6.98. The molecule has 14 nitrogen and oxygen atoms in total. The van der Waals surface area contributed by atoms with Crippen molar-refractivity contribution in [3.8, 4) is 17.6 Å². The maximum absolute atomic E-state index is 15.8. The van der Waals surface area contributed by atoms with Crippen molar-refractivity contribution < 1.29 is 41.2 Å². The largest absolute Gasteiger partial charge is 0.497 e. The smallest absolute Gasteiger partial charge is 0.398 e. The van der Waals surface area contributed by atoms with E-state index in [2.05, 4.69) is 15.0 Å². The zero-order chi connectivity index (χ0) is 42.5. The quantitative estimate of drug-likeness (QED) is 0.0539. The van der Waals surface area contributed by atoms with E-state index in [-0.39, 0.29) is 42.2 Å². The number of nitrogens with two attached hydrogens (primary N) is 1. The van der Waals surface area contributed by atoms with Gasteiger partial charge in [0, 0.05) is 12.1 Å². The first kappa shape index (κ1) is 43.5. The lowest BCUT2D eigenvalue weighted by Crippen LogP contribution is -2.44. The van der Waals surface area contributed by atoms with Gasteiger partial charge >= 0.3 is 6.18 Å². The van der Waals surface area contributed by atoms with E-state index in [4.69, 9.17) is 33.7 Å². The van der Waals surface area contributed by atoms with Crippen molar-refractivity contribution >= 4 is 25.6 Å². The molecule has 5 atom stereocenters. The van der Waals surface area contributed by atoms with E-state index >= 15 is 13.2 Å². The number of fused-ring (bicyclic) bond motifs is 1. The highest BCUT2D eigenvalue weighted by Crippen LogP contribution is 2.55. The fraction of sp³-hybridized carbons (Fsp3) is 0.415. The van der Waals surface area contributed by atoms with Gasteiger partial charge in [0.05, 0.1) is 46.3 Å². The number of nitrogens with zero attached hydrogens (tertiary/aromatic N) is 5. The summed E-state index contributed by atoms with van der Waals surface area (Å²) in [5.41, 5.74) is 5.22. The maximum Gasteiger partial charge on any atom is 0.398 e. The number of nitrogens with one attached hydrogen (secondary N) is 1. The highest BCUT2D eigenvalue weighted by molar-refractivity contribution is 7.44. The van der Waals surface area contributed by atoms with E-state index < -0.39 is 56.8 Å². The highest BCUT2D eigenvalue weighted by atomic mass is 31.2. The van der Waals surface area contributed by atoms with Gasteiger partial charge in [0.25, 0.3) is 14.1 Å². The van der Waals surface area contributed by atoms with Crippen LogP contribution in [0.15, 0.2) is 90.0 Å². The van der Waals surface area contributed by atoms with E-state index in [1.165, 1.54) is 0 Å². The maximum atomic E-state index is 15.8.